The average molecular weight is 562 g/mol. The number of hydrogen-bond acceptors (Lipinski definition) is 6. The first-order valence-electron chi connectivity index (χ1n) is 15.0. The molecule has 4 N–H and O–H groups in total. The first kappa shape index (κ1) is 30.5. The predicted molar refractivity (Wildman–Crippen MR) is 167 cm³/mol. The number of benzene rings is 1. The molecule has 1 aromatic carbocycles. The topological polar surface area (TPSA) is 117 Å². The Balaban J connectivity index is 0.000000379. The Labute approximate surface area is 243 Å². The maximum atomic E-state index is 13.0. The van der Waals surface area contributed by atoms with Gasteiger partial charge in [-0.15, -0.1) is 0 Å². The number of hydrogen-bond donors (Lipinski definition) is 2. The van der Waals surface area contributed by atoms with E-state index in [-0.39, 0.29) is 5.91 Å². The van der Waals surface area contributed by atoms with Gasteiger partial charge in [-0.05, 0) is 87.4 Å². The van der Waals surface area contributed by atoms with Gasteiger partial charge >= 0.3 is 0 Å². The normalized spacial score (nSPS) is 14.7. The zero-order valence-corrected chi connectivity index (χ0v) is 25.4. The van der Waals surface area contributed by atoms with E-state index < -0.39 is 0 Å². The minimum atomic E-state index is 0.0574. The molecule has 9 heteroatoms. The van der Waals surface area contributed by atoms with Gasteiger partial charge in [-0.1, -0.05) is 20.8 Å². The number of likely N-dealkylation sites (tertiary alicyclic amines) is 1. The van der Waals surface area contributed by atoms with Crippen LogP contribution in [0.2, 0.25) is 0 Å². The van der Waals surface area contributed by atoms with E-state index in [0.29, 0.717) is 17.2 Å². The summed E-state index contributed by atoms with van der Waals surface area (Å²) in [6.45, 7) is 10.4. The highest BCUT2D eigenvalue weighted by atomic mass is 16.5. The molecule has 1 aliphatic carbocycles. The van der Waals surface area contributed by atoms with Crippen LogP contribution in [-0.4, -0.2) is 63.2 Å². The third-order valence-corrected chi connectivity index (χ3v) is 7.56. The Kier molecular flexibility index (Phi) is 10.4. The lowest BCUT2D eigenvalue weighted by molar-refractivity contribution is 0.0792. The summed E-state index contributed by atoms with van der Waals surface area (Å²) in [6.07, 6.45) is 7.68. The molecule has 41 heavy (non-hydrogen) atoms. The van der Waals surface area contributed by atoms with Crippen LogP contribution in [0.25, 0.3) is 33.6 Å². The number of rotatable bonds is 7. The molecule has 4 heterocycles. The predicted octanol–water partition coefficient (Wildman–Crippen LogP) is 5.20. The summed E-state index contributed by atoms with van der Waals surface area (Å²) in [4.78, 5) is 24.6. The molecule has 1 amide bonds. The van der Waals surface area contributed by atoms with Crippen molar-refractivity contribution in [2.24, 2.45) is 30.4 Å². The van der Waals surface area contributed by atoms with Crippen LogP contribution in [0.15, 0.2) is 36.5 Å². The molecule has 0 unspecified atom stereocenters. The summed E-state index contributed by atoms with van der Waals surface area (Å²) in [6, 6.07) is 10.0. The fourth-order valence-corrected chi connectivity index (χ4v) is 5.27. The van der Waals surface area contributed by atoms with Crippen molar-refractivity contribution in [1.82, 2.24) is 24.0 Å². The minimum absolute atomic E-state index is 0.0574. The van der Waals surface area contributed by atoms with E-state index in [1.165, 1.54) is 12.8 Å². The van der Waals surface area contributed by atoms with Crippen molar-refractivity contribution in [3.05, 3.63) is 42.1 Å². The smallest absolute Gasteiger partial charge is 0.254 e. The van der Waals surface area contributed by atoms with Crippen molar-refractivity contribution in [2.75, 3.05) is 33.3 Å². The van der Waals surface area contributed by atoms with Crippen molar-refractivity contribution in [1.29, 1.82) is 0 Å². The summed E-state index contributed by atoms with van der Waals surface area (Å²) < 4.78 is 10.1. The zero-order valence-electron chi connectivity index (χ0n) is 25.4. The summed E-state index contributed by atoms with van der Waals surface area (Å²) in [5.41, 5.74) is 14.4. The molecule has 9 nitrogen and oxygen atoms in total. The highest BCUT2D eigenvalue weighted by Gasteiger charge is 2.27. The number of nitrogens with zero attached hydrogens (tertiary/aromatic N) is 5. The monoisotopic (exact) mass is 561 g/mol. The van der Waals surface area contributed by atoms with E-state index in [2.05, 4.69) is 40.1 Å². The summed E-state index contributed by atoms with van der Waals surface area (Å²) in [5.74, 6) is 3.08. The molecule has 0 atom stereocenters. The van der Waals surface area contributed by atoms with E-state index in [4.69, 9.17) is 21.2 Å². The molecule has 222 valence electrons. The van der Waals surface area contributed by atoms with Gasteiger partial charge in [-0.2, -0.15) is 0 Å². The van der Waals surface area contributed by atoms with Gasteiger partial charge in [0.25, 0.3) is 5.91 Å². The lowest BCUT2D eigenvalue weighted by Gasteiger charge is -2.16. The number of amides is 1. The van der Waals surface area contributed by atoms with E-state index in [0.717, 1.165) is 91.5 Å². The van der Waals surface area contributed by atoms with Gasteiger partial charge in [-0.25, -0.2) is 9.97 Å². The number of carbonyl (C=O) groups excluding carboxylic acids is 1. The second-order valence-electron chi connectivity index (χ2n) is 11.4. The quantitative estimate of drug-likeness (QED) is 0.320. The maximum absolute atomic E-state index is 13.0. The molecule has 3 aromatic heterocycles. The van der Waals surface area contributed by atoms with Gasteiger partial charge in [0, 0.05) is 43.8 Å². The summed E-state index contributed by atoms with van der Waals surface area (Å²) in [5, 5.41) is 1.12. The Morgan fingerprint density at radius 2 is 1.85 bits per heavy atom. The van der Waals surface area contributed by atoms with Crippen molar-refractivity contribution in [2.45, 2.75) is 59.4 Å². The van der Waals surface area contributed by atoms with Crippen LogP contribution < -0.4 is 16.2 Å². The third kappa shape index (κ3) is 7.08. The van der Waals surface area contributed by atoms with Crippen LogP contribution >= 0.6 is 0 Å². The molecule has 0 spiro atoms. The molecule has 1 saturated carbocycles. The molecule has 0 radical (unpaired) electrons. The van der Waals surface area contributed by atoms with Gasteiger partial charge in [0.1, 0.15) is 16.9 Å². The Bertz CT molecular complexity index is 1450. The molecule has 2 aliphatic rings. The number of imidazole rings is 1. The molecule has 2 fully saturated rings. The van der Waals surface area contributed by atoms with Gasteiger partial charge in [-0.3, -0.25) is 4.79 Å². The maximum Gasteiger partial charge on any atom is 0.254 e. The number of aryl methyl sites for hydroxylation is 1. The molecule has 1 aliphatic heterocycles. The summed E-state index contributed by atoms with van der Waals surface area (Å²) >= 11 is 0. The van der Waals surface area contributed by atoms with Crippen molar-refractivity contribution in [3.8, 4) is 17.3 Å². The fourth-order valence-electron chi connectivity index (χ4n) is 5.27. The van der Waals surface area contributed by atoms with Crippen LogP contribution in [0, 0.1) is 11.8 Å². The lowest BCUT2D eigenvalue weighted by atomic mass is 10.1. The Morgan fingerprint density at radius 3 is 2.44 bits per heavy atom. The second-order valence-corrected chi connectivity index (χ2v) is 11.4. The highest BCUT2D eigenvalue weighted by Crippen LogP contribution is 2.37. The number of fused-ring (bicyclic) bond motifs is 2. The van der Waals surface area contributed by atoms with Gasteiger partial charge in [0.05, 0.1) is 18.3 Å². The first-order chi connectivity index (χ1) is 19.8. The van der Waals surface area contributed by atoms with Gasteiger partial charge in [0.15, 0.2) is 5.82 Å². The number of nitrogens with two attached hydrogens (primary N) is 2. The van der Waals surface area contributed by atoms with Crippen molar-refractivity contribution < 1.29 is 9.53 Å². The number of pyridine rings is 1. The number of carbonyl (C=O) groups is 1. The van der Waals surface area contributed by atoms with Crippen molar-refractivity contribution in [3.63, 3.8) is 0 Å². The molecular weight excluding hydrogens is 514 g/mol. The fraction of sp³-hybridized carbons (Fsp3) is 0.531. The van der Waals surface area contributed by atoms with Gasteiger partial charge < -0.3 is 30.2 Å². The number of methoxy groups -OCH3 is 1. The van der Waals surface area contributed by atoms with Crippen molar-refractivity contribution >= 4 is 28.0 Å². The Morgan fingerprint density at radius 1 is 1.15 bits per heavy atom. The second kappa shape index (κ2) is 14.0. The molecule has 1 saturated heterocycles. The largest absolute Gasteiger partial charge is 0.494 e. The third-order valence-electron chi connectivity index (χ3n) is 7.56. The Hall–Kier alpha value is -3.43. The van der Waals surface area contributed by atoms with Crippen LogP contribution in [0.1, 0.15) is 63.2 Å². The number of ether oxygens (including phenoxy) is 1. The lowest BCUT2D eigenvalue weighted by Crippen LogP contribution is -2.27. The number of aromatic nitrogens is 4. The van der Waals surface area contributed by atoms with Crippen LogP contribution in [0.5, 0.6) is 5.75 Å². The first-order valence-corrected chi connectivity index (χ1v) is 15.0. The van der Waals surface area contributed by atoms with E-state index in [9.17, 15) is 4.79 Å². The minimum Gasteiger partial charge on any atom is -0.494 e. The standard InChI is InChI=1S/C25H27N5O2.C5H13N.C2H7N/c1-28-22-19(12-18(14-21(22)32-2)25(31)29-10-3-4-11-29)27-24(28)20-13-17-6-5-9-26-23(17)30(20)15-16-7-8-16;1-5(2)3-4-6;1-2-3/h5-6,9,12-14,16H,3-4,7-8,10-11,15H2,1-2H3;5H,3-4,6H2,1-2H3;2-3H2,1H3. The van der Waals surface area contributed by atoms with Crippen LogP contribution in [0.4, 0.5) is 0 Å². The van der Waals surface area contributed by atoms with Crippen LogP contribution in [-0.2, 0) is 13.6 Å². The molecule has 0 bridgehead atoms. The average Bonchev–Trinajstić information content (AvgIpc) is 3.32. The van der Waals surface area contributed by atoms with E-state index in [1.54, 1.807) is 7.11 Å². The molecule has 4 aromatic rings. The summed E-state index contributed by atoms with van der Waals surface area (Å²) in [7, 11) is 3.67. The van der Waals surface area contributed by atoms with E-state index >= 15 is 0 Å². The van der Waals surface area contributed by atoms with E-state index in [1.807, 2.05) is 43.3 Å². The SMILES string of the molecule is CC(C)CCN.CCN.COc1cc(C(=O)N2CCCC2)cc2nc(-c3cc4cccnc4n3CC3CC3)n(C)c12. The highest BCUT2D eigenvalue weighted by molar-refractivity contribution is 6.00. The molecule has 6 rings (SSSR count). The molecular formula is C32H47N7O2. The van der Waals surface area contributed by atoms with Gasteiger partial charge in [0.2, 0.25) is 0 Å². The van der Waals surface area contributed by atoms with Crippen LogP contribution in [0.3, 0.4) is 0 Å². The zero-order chi connectivity index (χ0) is 29.5.